The molecule has 0 fully saturated rings. The van der Waals surface area contributed by atoms with Crippen LogP contribution in [0.1, 0.15) is 22.8 Å². The molecular formula is C10H9FO3. The van der Waals surface area contributed by atoms with Crippen LogP contribution in [0.15, 0.2) is 18.2 Å². The smallest absolute Gasteiger partial charge is 0.338 e. The third kappa shape index (κ3) is 2.16. The summed E-state index contributed by atoms with van der Waals surface area (Å²) < 4.78 is 13.4. The third-order valence-electron chi connectivity index (χ3n) is 1.75. The van der Waals surface area contributed by atoms with E-state index in [1.165, 1.54) is 25.1 Å². The SMILES string of the molecule is CC(=O)Cc1cccc(C(=O)O)c1F. The Labute approximate surface area is 80.2 Å². The first-order valence-corrected chi connectivity index (χ1v) is 4.02. The van der Waals surface area contributed by atoms with Gasteiger partial charge in [0.25, 0.3) is 0 Å². The number of ketones is 1. The van der Waals surface area contributed by atoms with Crippen LogP contribution in [0.4, 0.5) is 4.39 Å². The van der Waals surface area contributed by atoms with E-state index in [1.54, 1.807) is 0 Å². The third-order valence-corrected chi connectivity index (χ3v) is 1.75. The van der Waals surface area contributed by atoms with Crippen molar-refractivity contribution in [3.63, 3.8) is 0 Å². The number of hydrogen-bond donors (Lipinski definition) is 1. The molecule has 0 atom stereocenters. The monoisotopic (exact) mass is 196 g/mol. The molecule has 1 aromatic rings. The van der Waals surface area contributed by atoms with Crippen molar-refractivity contribution in [3.05, 3.63) is 35.1 Å². The average molecular weight is 196 g/mol. The number of carbonyl (C=O) groups excluding carboxylic acids is 1. The maximum absolute atomic E-state index is 13.4. The number of rotatable bonds is 3. The summed E-state index contributed by atoms with van der Waals surface area (Å²) in [7, 11) is 0. The summed E-state index contributed by atoms with van der Waals surface area (Å²) >= 11 is 0. The number of carbonyl (C=O) groups is 2. The van der Waals surface area contributed by atoms with Gasteiger partial charge in [-0.15, -0.1) is 0 Å². The summed E-state index contributed by atoms with van der Waals surface area (Å²) in [5.74, 6) is -2.35. The van der Waals surface area contributed by atoms with E-state index in [4.69, 9.17) is 5.11 Å². The van der Waals surface area contributed by atoms with Crippen LogP contribution in [-0.4, -0.2) is 16.9 Å². The van der Waals surface area contributed by atoms with Gasteiger partial charge in [0.1, 0.15) is 11.6 Å². The largest absolute Gasteiger partial charge is 0.478 e. The Morgan fingerprint density at radius 2 is 2.07 bits per heavy atom. The molecule has 0 bridgehead atoms. The predicted octanol–water partition coefficient (Wildman–Crippen LogP) is 1.66. The summed E-state index contributed by atoms with van der Waals surface area (Å²) in [6, 6.07) is 4.00. The lowest BCUT2D eigenvalue weighted by molar-refractivity contribution is -0.116. The van der Waals surface area contributed by atoms with E-state index < -0.39 is 17.3 Å². The molecule has 0 spiro atoms. The average Bonchev–Trinajstić information content (AvgIpc) is 2.07. The van der Waals surface area contributed by atoms with Crippen molar-refractivity contribution >= 4 is 11.8 Å². The molecule has 3 nitrogen and oxygen atoms in total. The normalized spacial score (nSPS) is 9.86. The highest BCUT2D eigenvalue weighted by Crippen LogP contribution is 2.13. The minimum Gasteiger partial charge on any atom is -0.478 e. The Balaban J connectivity index is 3.13. The second-order valence-electron chi connectivity index (χ2n) is 2.96. The van der Waals surface area contributed by atoms with Crippen LogP contribution in [0.25, 0.3) is 0 Å². The van der Waals surface area contributed by atoms with Gasteiger partial charge in [-0.25, -0.2) is 9.18 Å². The molecule has 0 saturated heterocycles. The maximum atomic E-state index is 13.4. The van der Waals surface area contributed by atoms with Crippen LogP contribution in [0, 0.1) is 5.82 Å². The first-order valence-electron chi connectivity index (χ1n) is 4.02. The number of aromatic carboxylic acids is 1. The van der Waals surface area contributed by atoms with E-state index in [9.17, 15) is 14.0 Å². The second kappa shape index (κ2) is 4.00. The molecule has 0 aliphatic heterocycles. The van der Waals surface area contributed by atoms with Crippen molar-refractivity contribution in [1.29, 1.82) is 0 Å². The van der Waals surface area contributed by atoms with Crippen LogP contribution in [0.2, 0.25) is 0 Å². The molecule has 0 radical (unpaired) electrons. The Morgan fingerprint density at radius 3 is 2.57 bits per heavy atom. The van der Waals surface area contributed by atoms with Crippen molar-refractivity contribution in [2.24, 2.45) is 0 Å². The summed E-state index contributed by atoms with van der Waals surface area (Å²) in [6.45, 7) is 1.33. The number of Topliss-reactive ketones (excluding diaryl/α,β-unsaturated/α-hetero) is 1. The van der Waals surface area contributed by atoms with E-state index in [0.717, 1.165) is 0 Å². The van der Waals surface area contributed by atoms with E-state index in [-0.39, 0.29) is 17.8 Å². The van der Waals surface area contributed by atoms with Crippen molar-refractivity contribution in [2.45, 2.75) is 13.3 Å². The zero-order chi connectivity index (χ0) is 10.7. The fraction of sp³-hybridized carbons (Fsp3) is 0.200. The highest BCUT2D eigenvalue weighted by Gasteiger charge is 2.14. The lowest BCUT2D eigenvalue weighted by Crippen LogP contribution is -2.06. The highest BCUT2D eigenvalue weighted by atomic mass is 19.1. The van der Waals surface area contributed by atoms with Gasteiger partial charge < -0.3 is 5.11 Å². The fourth-order valence-corrected chi connectivity index (χ4v) is 1.15. The van der Waals surface area contributed by atoms with Gasteiger partial charge >= 0.3 is 5.97 Å². The molecule has 74 valence electrons. The van der Waals surface area contributed by atoms with Gasteiger partial charge in [-0.2, -0.15) is 0 Å². The lowest BCUT2D eigenvalue weighted by Gasteiger charge is -2.02. The van der Waals surface area contributed by atoms with Crippen LogP contribution >= 0.6 is 0 Å². The topological polar surface area (TPSA) is 54.4 Å². The first-order chi connectivity index (χ1) is 6.52. The molecule has 1 rings (SSSR count). The van der Waals surface area contributed by atoms with Gasteiger partial charge in [0.05, 0.1) is 5.56 Å². The first kappa shape index (κ1) is 10.4. The minimum absolute atomic E-state index is 0.0764. The molecule has 1 N–H and O–H groups in total. The van der Waals surface area contributed by atoms with Crippen LogP contribution in [0.3, 0.4) is 0 Å². The lowest BCUT2D eigenvalue weighted by atomic mass is 10.1. The van der Waals surface area contributed by atoms with Crippen LogP contribution < -0.4 is 0 Å². The number of benzene rings is 1. The van der Waals surface area contributed by atoms with E-state index in [1.807, 2.05) is 0 Å². The molecule has 0 heterocycles. The van der Waals surface area contributed by atoms with E-state index >= 15 is 0 Å². The summed E-state index contributed by atoms with van der Waals surface area (Å²) in [5, 5.41) is 8.60. The Hall–Kier alpha value is -1.71. The van der Waals surface area contributed by atoms with Gasteiger partial charge in [-0.05, 0) is 18.6 Å². The second-order valence-corrected chi connectivity index (χ2v) is 2.96. The molecular weight excluding hydrogens is 187 g/mol. The summed E-state index contributed by atoms with van der Waals surface area (Å²) in [6.07, 6.45) is -0.0764. The fourth-order valence-electron chi connectivity index (χ4n) is 1.15. The Kier molecular flexibility index (Phi) is 2.96. The van der Waals surface area contributed by atoms with Crippen LogP contribution in [0.5, 0.6) is 0 Å². The molecule has 14 heavy (non-hydrogen) atoms. The number of halogens is 1. The molecule has 1 aromatic carbocycles. The number of carboxylic acid groups (broad SMARTS) is 1. The molecule has 0 amide bonds. The molecule has 0 unspecified atom stereocenters. The zero-order valence-electron chi connectivity index (χ0n) is 7.58. The Bertz CT molecular complexity index is 385. The summed E-state index contributed by atoms with van der Waals surface area (Å²) in [5.41, 5.74) is -0.277. The van der Waals surface area contributed by atoms with Gasteiger partial charge in [-0.3, -0.25) is 4.79 Å². The van der Waals surface area contributed by atoms with Crippen molar-refractivity contribution in [1.82, 2.24) is 0 Å². The quantitative estimate of drug-likeness (QED) is 0.799. The highest BCUT2D eigenvalue weighted by molar-refractivity contribution is 5.88. The van der Waals surface area contributed by atoms with Gasteiger partial charge in [-0.1, -0.05) is 12.1 Å². The number of hydrogen-bond acceptors (Lipinski definition) is 2. The van der Waals surface area contributed by atoms with Gasteiger partial charge in [0, 0.05) is 6.42 Å². The number of carboxylic acids is 1. The van der Waals surface area contributed by atoms with Gasteiger partial charge in [0.2, 0.25) is 0 Å². The predicted molar refractivity (Wildman–Crippen MR) is 47.7 cm³/mol. The molecule has 0 aromatic heterocycles. The van der Waals surface area contributed by atoms with E-state index in [2.05, 4.69) is 0 Å². The maximum Gasteiger partial charge on any atom is 0.338 e. The standard InChI is InChI=1S/C10H9FO3/c1-6(12)5-7-3-2-4-8(9(7)11)10(13)14/h2-4H,5H2,1H3,(H,13,14). The van der Waals surface area contributed by atoms with Crippen molar-refractivity contribution in [3.8, 4) is 0 Å². The van der Waals surface area contributed by atoms with Crippen molar-refractivity contribution in [2.75, 3.05) is 0 Å². The van der Waals surface area contributed by atoms with Crippen molar-refractivity contribution < 1.29 is 19.1 Å². The zero-order valence-corrected chi connectivity index (χ0v) is 7.58. The van der Waals surface area contributed by atoms with Gasteiger partial charge in [0.15, 0.2) is 0 Å². The van der Waals surface area contributed by atoms with Crippen LogP contribution in [-0.2, 0) is 11.2 Å². The molecule has 0 saturated carbocycles. The summed E-state index contributed by atoms with van der Waals surface area (Å²) in [4.78, 5) is 21.3. The Morgan fingerprint density at radius 1 is 1.43 bits per heavy atom. The molecule has 0 aliphatic carbocycles. The molecule has 4 heteroatoms. The van der Waals surface area contributed by atoms with E-state index in [0.29, 0.717) is 0 Å². The minimum atomic E-state index is -1.33. The molecule has 0 aliphatic rings.